The van der Waals surface area contributed by atoms with Gasteiger partial charge in [-0.3, -0.25) is 14.5 Å². The van der Waals surface area contributed by atoms with Crippen LogP contribution in [0.1, 0.15) is 6.42 Å². The molecule has 1 aromatic rings. The molecule has 1 saturated heterocycles. The highest BCUT2D eigenvalue weighted by Gasteiger charge is 2.28. The highest BCUT2D eigenvalue weighted by molar-refractivity contribution is 6.30. The van der Waals surface area contributed by atoms with Crippen molar-refractivity contribution >= 4 is 29.3 Å². The fraction of sp³-hybridized carbons (Fsp3) is 0.417. The van der Waals surface area contributed by atoms with Gasteiger partial charge >= 0.3 is 5.97 Å². The predicted molar refractivity (Wildman–Crippen MR) is 70.1 cm³/mol. The number of carboxylic acids is 1. The van der Waals surface area contributed by atoms with Crippen molar-refractivity contribution in [1.29, 1.82) is 0 Å². The molecule has 19 heavy (non-hydrogen) atoms. The molecule has 7 heteroatoms. The number of rotatable bonds is 4. The molecule has 102 valence electrons. The molecule has 0 spiro atoms. The van der Waals surface area contributed by atoms with Gasteiger partial charge in [-0.1, -0.05) is 11.6 Å². The van der Waals surface area contributed by atoms with Crippen molar-refractivity contribution in [3.8, 4) is 0 Å². The van der Waals surface area contributed by atoms with E-state index >= 15 is 0 Å². The molecule has 1 atom stereocenters. The molecule has 0 aromatic carbocycles. The lowest BCUT2D eigenvalue weighted by molar-refractivity contribution is -0.141. The van der Waals surface area contributed by atoms with Crippen LogP contribution < -0.4 is 5.32 Å². The summed E-state index contributed by atoms with van der Waals surface area (Å²) in [6.45, 7) is 1.21. The van der Waals surface area contributed by atoms with Gasteiger partial charge in [-0.05, 0) is 25.1 Å². The van der Waals surface area contributed by atoms with Gasteiger partial charge < -0.3 is 10.4 Å². The number of aliphatic carboxylic acids is 1. The minimum absolute atomic E-state index is 0.175. The van der Waals surface area contributed by atoms with Crippen molar-refractivity contribution < 1.29 is 14.7 Å². The summed E-state index contributed by atoms with van der Waals surface area (Å²) in [5, 5.41) is 12.0. The SMILES string of the molecule is O=C(CN1CCC(C(=O)O)C1)Nc1ccc(Cl)cn1. The molecule has 0 radical (unpaired) electrons. The van der Waals surface area contributed by atoms with E-state index in [9.17, 15) is 9.59 Å². The number of likely N-dealkylation sites (tertiary alicyclic amines) is 1. The van der Waals surface area contributed by atoms with E-state index in [0.29, 0.717) is 30.4 Å². The lowest BCUT2D eigenvalue weighted by Gasteiger charge is -2.14. The first-order valence-corrected chi connectivity index (χ1v) is 6.29. The molecule has 1 unspecified atom stereocenters. The Hall–Kier alpha value is -1.66. The number of carbonyl (C=O) groups excluding carboxylic acids is 1. The van der Waals surface area contributed by atoms with E-state index in [-0.39, 0.29) is 18.4 Å². The number of pyridine rings is 1. The van der Waals surface area contributed by atoms with E-state index in [4.69, 9.17) is 16.7 Å². The average molecular weight is 284 g/mol. The zero-order valence-corrected chi connectivity index (χ0v) is 10.9. The molecule has 1 aromatic heterocycles. The van der Waals surface area contributed by atoms with Crippen LogP contribution in [-0.2, 0) is 9.59 Å². The first-order valence-electron chi connectivity index (χ1n) is 5.91. The second-order valence-electron chi connectivity index (χ2n) is 4.47. The maximum Gasteiger partial charge on any atom is 0.307 e. The Morgan fingerprint density at radius 1 is 1.53 bits per heavy atom. The summed E-state index contributed by atoms with van der Waals surface area (Å²) in [5.41, 5.74) is 0. The van der Waals surface area contributed by atoms with Crippen molar-refractivity contribution in [2.45, 2.75) is 6.42 Å². The number of hydrogen-bond acceptors (Lipinski definition) is 4. The van der Waals surface area contributed by atoms with Crippen LogP contribution in [0.3, 0.4) is 0 Å². The number of carboxylic acid groups (broad SMARTS) is 1. The Morgan fingerprint density at radius 2 is 2.32 bits per heavy atom. The zero-order chi connectivity index (χ0) is 13.8. The number of aromatic nitrogens is 1. The van der Waals surface area contributed by atoms with E-state index in [1.165, 1.54) is 6.20 Å². The summed E-state index contributed by atoms with van der Waals surface area (Å²) in [5.74, 6) is -0.951. The van der Waals surface area contributed by atoms with E-state index in [1.807, 2.05) is 4.90 Å². The Balaban J connectivity index is 1.82. The second kappa shape index (κ2) is 5.99. The van der Waals surface area contributed by atoms with Crippen molar-refractivity contribution in [3.05, 3.63) is 23.4 Å². The lowest BCUT2D eigenvalue weighted by Crippen LogP contribution is -2.32. The quantitative estimate of drug-likeness (QED) is 0.864. The maximum absolute atomic E-state index is 11.8. The van der Waals surface area contributed by atoms with Gasteiger partial charge in [-0.2, -0.15) is 0 Å². The Kier molecular flexibility index (Phi) is 4.34. The second-order valence-corrected chi connectivity index (χ2v) is 4.91. The van der Waals surface area contributed by atoms with Crippen molar-refractivity contribution in [3.63, 3.8) is 0 Å². The molecule has 1 aliphatic heterocycles. The predicted octanol–water partition coefficient (Wildman–Crippen LogP) is 1.08. The van der Waals surface area contributed by atoms with Gasteiger partial charge in [0.2, 0.25) is 5.91 Å². The van der Waals surface area contributed by atoms with Gasteiger partial charge in [0.15, 0.2) is 0 Å². The van der Waals surface area contributed by atoms with Crippen molar-refractivity contribution in [2.75, 3.05) is 25.0 Å². The van der Waals surface area contributed by atoms with E-state index in [0.717, 1.165) is 0 Å². The van der Waals surface area contributed by atoms with Crippen LogP contribution >= 0.6 is 11.6 Å². The van der Waals surface area contributed by atoms with Gasteiger partial charge in [0.05, 0.1) is 17.5 Å². The normalized spacial score (nSPS) is 19.3. The highest BCUT2D eigenvalue weighted by Crippen LogP contribution is 2.16. The van der Waals surface area contributed by atoms with Crippen LogP contribution in [0.15, 0.2) is 18.3 Å². The van der Waals surface area contributed by atoms with E-state index in [1.54, 1.807) is 12.1 Å². The van der Waals surface area contributed by atoms with Gasteiger partial charge in [0, 0.05) is 12.7 Å². The standard InChI is InChI=1S/C12H14ClN3O3/c13-9-1-2-10(14-5-9)15-11(17)7-16-4-3-8(6-16)12(18)19/h1-2,5,8H,3-4,6-7H2,(H,18,19)(H,14,15,17). The monoisotopic (exact) mass is 283 g/mol. The minimum atomic E-state index is -0.803. The van der Waals surface area contributed by atoms with Crippen LogP contribution in [-0.4, -0.2) is 46.5 Å². The molecule has 6 nitrogen and oxygen atoms in total. The third-order valence-electron chi connectivity index (χ3n) is 2.98. The number of nitrogens with one attached hydrogen (secondary N) is 1. The summed E-state index contributed by atoms with van der Waals surface area (Å²) >= 11 is 5.69. The van der Waals surface area contributed by atoms with Crippen LogP contribution in [0.4, 0.5) is 5.82 Å². The summed E-state index contributed by atoms with van der Waals surface area (Å²) in [6.07, 6.45) is 2.04. The topological polar surface area (TPSA) is 82.5 Å². The molecule has 0 aliphatic carbocycles. The highest BCUT2D eigenvalue weighted by atomic mass is 35.5. The zero-order valence-electron chi connectivity index (χ0n) is 10.2. The Bertz CT molecular complexity index is 478. The van der Waals surface area contributed by atoms with E-state index < -0.39 is 5.97 Å². The number of nitrogens with zero attached hydrogens (tertiary/aromatic N) is 2. The summed E-state index contributed by atoms with van der Waals surface area (Å²) in [7, 11) is 0. The van der Waals surface area contributed by atoms with Gasteiger partial charge in [-0.15, -0.1) is 0 Å². The Morgan fingerprint density at radius 3 is 2.89 bits per heavy atom. The lowest BCUT2D eigenvalue weighted by atomic mass is 10.1. The first-order chi connectivity index (χ1) is 9.04. The summed E-state index contributed by atoms with van der Waals surface area (Å²) < 4.78 is 0. The number of halogens is 1. The van der Waals surface area contributed by atoms with Gasteiger partial charge in [0.25, 0.3) is 0 Å². The van der Waals surface area contributed by atoms with Gasteiger partial charge in [0.1, 0.15) is 5.82 Å². The van der Waals surface area contributed by atoms with Gasteiger partial charge in [-0.25, -0.2) is 4.98 Å². The number of hydrogen-bond donors (Lipinski definition) is 2. The third-order valence-corrected chi connectivity index (χ3v) is 3.21. The first kappa shape index (κ1) is 13.8. The molecule has 2 heterocycles. The van der Waals surface area contributed by atoms with Crippen LogP contribution in [0, 0.1) is 5.92 Å². The molecular weight excluding hydrogens is 270 g/mol. The summed E-state index contributed by atoms with van der Waals surface area (Å²) in [4.78, 5) is 28.3. The van der Waals surface area contributed by atoms with Crippen molar-refractivity contribution in [2.24, 2.45) is 5.92 Å². The largest absolute Gasteiger partial charge is 0.481 e. The average Bonchev–Trinajstić information content (AvgIpc) is 2.80. The van der Waals surface area contributed by atoms with Crippen LogP contribution in [0.5, 0.6) is 0 Å². The smallest absolute Gasteiger partial charge is 0.307 e. The van der Waals surface area contributed by atoms with Crippen LogP contribution in [0.2, 0.25) is 5.02 Å². The molecule has 2 rings (SSSR count). The number of carbonyl (C=O) groups is 2. The number of anilines is 1. The molecule has 2 N–H and O–H groups in total. The fourth-order valence-corrected chi connectivity index (χ4v) is 2.12. The molecule has 0 saturated carbocycles. The maximum atomic E-state index is 11.8. The van der Waals surface area contributed by atoms with Crippen molar-refractivity contribution in [1.82, 2.24) is 9.88 Å². The fourth-order valence-electron chi connectivity index (χ4n) is 2.01. The molecule has 0 bridgehead atoms. The molecular formula is C12H14ClN3O3. The molecule has 1 amide bonds. The third kappa shape index (κ3) is 3.90. The Labute approximate surface area is 115 Å². The van der Waals surface area contributed by atoms with Crippen LogP contribution in [0.25, 0.3) is 0 Å². The molecule has 1 fully saturated rings. The minimum Gasteiger partial charge on any atom is -0.481 e. The number of amides is 1. The molecule has 1 aliphatic rings. The summed E-state index contributed by atoms with van der Waals surface area (Å²) in [6, 6.07) is 3.25. The van der Waals surface area contributed by atoms with E-state index in [2.05, 4.69) is 10.3 Å².